The highest BCUT2D eigenvalue weighted by atomic mass is 31.2. The molecule has 0 radical (unpaired) electrons. The number of nitrogens with two attached hydrogens (primary N) is 1. The van der Waals surface area contributed by atoms with Crippen LogP contribution < -0.4 is 11.1 Å². The Morgan fingerprint density at radius 3 is 2.46 bits per heavy atom. The zero-order valence-corrected chi connectivity index (χ0v) is 8.33. The monoisotopic (exact) mass is 210 g/mol. The van der Waals surface area contributed by atoms with Gasteiger partial charge in [-0.25, -0.2) is 0 Å². The van der Waals surface area contributed by atoms with E-state index in [1.165, 1.54) is 0 Å². The summed E-state index contributed by atoms with van der Waals surface area (Å²) in [7, 11) is -4.10. The molecular formula is C6H15N2O4P. The lowest BCUT2D eigenvalue weighted by molar-refractivity contribution is -0.120. The van der Waals surface area contributed by atoms with Crippen LogP contribution in [0.1, 0.15) is 19.8 Å². The van der Waals surface area contributed by atoms with Crippen LogP contribution in [0.25, 0.3) is 0 Å². The molecule has 0 fully saturated rings. The second-order valence-corrected chi connectivity index (χ2v) is 4.42. The molecule has 0 aliphatic rings. The molecule has 0 saturated heterocycles. The van der Waals surface area contributed by atoms with E-state index in [1.807, 2.05) is 6.92 Å². The maximum absolute atomic E-state index is 10.7. The largest absolute Gasteiger partial charge is 0.368 e. The summed E-state index contributed by atoms with van der Waals surface area (Å²) in [5.41, 5.74) is 5.00. The Morgan fingerprint density at radius 2 is 2.15 bits per heavy atom. The molecule has 0 spiro atoms. The number of nitrogens with one attached hydrogen (secondary N) is 1. The molecule has 0 aromatic rings. The summed E-state index contributed by atoms with van der Waals surface area (Å²) >= 11 is 0. The first-order valence-corrected chi connectivity index (χ1v) is 5.74. The van der Waals surface area contributed by atoms with Gasteiger partial charge in [-0.2, -0.15) is 0 Å². The van der Waals surface area contributed by atoms with E-state index in [4.69, 9.17) is 15.5 Å². The molecule has 1 atom stereocenters. The molecular weight excluding hydrogens is 195 g/mol. The van der Waals surface area contributed by atoms with E-state index < -0.39 is 25.8 Å². The molecule has 0 aromatic carbocycles. The highest BCUT2D eigenvalue weighted by Crippen LogP contribution is 2.32. The van der Waals surface area contributed by atoms with Crippen molar-refractivity contribution in [3.63, 3.8) is 0 Å². The highest BCUT2D eigenvalue weighted by Gasteiger charge is 2.19. The molecule has 0 aliphatic carbocycles. The van der Waals surface area contributed by atoms with Gasteiger partial charge in [0.25, 0.3) is 0 Å². The van der Waals surface area contributed by atoms with Gasteiger partial charge in [-0.15, -0.1) is 0 Å². The number of amides is 1. The molecule has 0 unspecified atom stereocenters. The van der Waals surface area contributed by atoms with Crippen LogP contribution in [0.5, 0.6) is 0 Å². The van der Waals surface area contributed by atoms with E-state index in [2.05, 4.69) is 5.32 Å². The predicted molar refractivity (Wildman–Crippen MR) is 47.9 cm³/mol. The van der Waals surface area contributed by atoms with Gasteiger partial charge in [0.1, 0.15) is 0 Å². The second kappa shape index (κ2) is 5.34. The molecule has 7 heteroatoms. The summed E-state index contributed by atoms with van der Waals surface area (Å²) in [4.78, 5) is 27.7. The molecule has 0 heterocycles. The third-order valence-corrected chi connectivity index (χ3v) is 2.06. The van der Waals surface area contributed by atoms with Crippen molar-refractivity contribution in [3.05, 3.63) is 0 Å². The lowest BCUT2D eigenvalue weighted by atomic mass is 10.1. The fraction of sp³-hybridized carbons (Fsp3) is 0.833. The topological polar surface area (TPSA) is 113 Å². The molecule has 78 valence electrons. The van der Waals surface area contributed by atoms with Crippen LogP contribution in [0.15, 0.2) is 0 Å². The molecule has 0 aromatic heterocycles. The smallest absolute Gasteiger partial charge is 0.339 e. The van der Waals surface area contributed by atoms with Crippen molar-refractivity contribution in [1.29, 1.82) is 0 Å². The van der Waals surface area contributed by atoms with Gasteiger partial charge in [-0.3, -0.25) is 14.7 Å². The van der Waals surface area contributed by atoms with Crippen LogP contribution in [0.4, 0.5) is 0 Å². The average Bonchev–Trinajstić information content (AvgIpc) is 1.95. The number of primary amides is 1. The van der Waals surface area contributed by atoms with E-state index in [-0.39, 0.29) is 0 Å². The van der Waals surface area contributed by atoms with Crippen LogP contribution >= 0.6 is 7.60 Å². The van der Waals surface area contributed by atoms with Gasteiger partial charge in [0.05, 0.1) is 12.3 Å². The van der Waals surface area contributed by atoms with Crippen molar-refractivity contribution < 1.29 is 19.1 Å². The van der Waals surface area contributed by atoms with Crippen LogP contribution in [0.3, 0.4) is 0 Å². The maximum atomic E-state index is 10.7. The van der Waals surface area contributed by atoms with E-state index in [1.54, 1.807) is 0 Å². The molecule has 6 nitrogen and oxygen atoms in total. The molecule has 0 aliphatic heterocycles. The molecule has 1 amide bonds. The second-order valence-electron chi connectivity index (χ2n) is 2.77. The molecule has 0 saturated carbocycles. The van der Waals surface area contributed by atoms with E-state index in [9.17, 15) is 9.36 Å². The normalized spacial score (nSPS) is 14.1. The summed E-state index contributed by atoms with van der Waals surface area (Å²) in [6.07, 6.45) is 0.692. The van der Waals surface area contributed by atoms with Crippen LogP contribution in [0.2, 0.25) is 0 Å². The first-order chi connectivity index (χ1) is 5.87. The van der Waals surface area contributed by atoms with Gasteiger partial charge in [0, 0.05) is 0 Å². The van der Waals surface area contributed by atoms with E-state index in [0.29, 0.717) is 6.42 Å². The van der Waals surface area contributed by atoms with Crippen molar-refractivity contribution in [2.75, 3.05) is 6.29 Å². The van der Waals surface area contributed by atoms with Gasteiger partial charge < -0.3 is 15.5 Å². The molecule has 13 heavy (non-hydrogen) atoms. The van der Waals surface area contributed by atoms with Crippen LogP contribution in [-0.2, 0) is 9.36 Å². The van der Waals surface area contributed by atoms with Crippen molar-refractivity contribution >= 4 is 13.5 Å². The van der Waals surface area contributed by atoms with Gasteiger partial charge in [-0.1, -0.05) is 13.3 Å². The average molecular weight is 210 g/mol. The Kier molecular flexibility index (Phi) is 5.17. The minimum atomic E-state index is -4.10. The Morgan fingerprint density at radius 1 is 1.62 bits per heavy atom. The summed E-state index contributed by atoms with van der Waals surface area (Å²) in [5.74, 6) is -0.588. The summed E-state index contributed by atoms with van der Waals surface area (Å²) < 4.78 is 10.4. The lowest BCUT2D eigenvalue weighted by Crippen LogP contribution is -2.41. The summed E-state index contributed by atoms with van der Waals surface area (Å²) in [6, 6.07) is -0.655. The lowest BCUT2D eigenvalue weighted by Gasteiger charge is -2.14. The Bertz CT molecular complexity index is 215. The van der Waals surface area contributed by atoms with E-state index in [0.717, 1.165) is 6.42 Å². The SMILES string of the molecule is CCC[C@H](NCP(=O)(O)O)C(N)=O. The minimum Gasteiger partial charge on any atom is -0.368 e. The summed E-state index contributed by atoms with van der Waals surface area (Å²) in [5, 5.41) is 2.42. The van der Waals surface area contributed by atoms with Crippen molar-refractivity contribution in [1.82, 2.24) is 5.32 Å². The van der Waals surface area contributed by atoms with Gasteiger partial charge in [0.2, 0.25) is 5.91 Å². The standard InChI is InChI=1S/C6H15N2O4P/c1-2-3-5(6(7)9)8-4-13(10,11)12/h5,8H,2-4H2,1H3,(H2,7,9)(H2,10,11,12)/t5-/m0/s1. The highest BCUT2D eigenvalue weighted by molar-refractivity contribution is 7.51. The molecule has 5 N–H and O–H groups in total. The quantitative estimate of drug-likeness (QED) is 0.436. The maximum Gasteiger partial charge on any atom is 0.339 e. The van der Waals surface area contributed by atoms with Gasteiger partial charge in [0.15, 0.2) is 0 Å². The van der Waals surface area contributed by atoms with Gasteiger partial charge in [-0.05, 0) is 6.42 Å². The van der Waals surface area contributed by atoms with Crippen LogP contribution in [-0.4, -0.2) is 28.0 Å². The minimum absolute atomic E-state index is 0.481. The zero-order valence-electron chi connectivity index (χ0n) is 7.43. The van der Waals surface area contributed by atoms with E-state index >= 15 is 0 Å². The predicted octanol–water partition coefficient (Wildman–Crippen LogP) is -0.635. The Labute approximate surface area is 76.7 Å². The zero-order chi connectivity index (χ0) is 10.5. The number of hydrogen-bond donors (Lipinski definition) is 4. The Hall–Kier alpha value is -0.420. The molecule has 0 rings (SSSR count). The van der Waals surface area contributed by atoms with Gasteiger partial charge >= 0.3 is 7.60 Å². The van der Waals surface area contributed by atoms with Crippen molar-refractivity contribution in [3.8, 4) is 0 Å². The Balaban J connectivity index is 3.97. The first kappa shape index (κ1) is 12.6. The van der Waals surface area contributed by atoms with Crippen molar-refractivity contribution in [2.45, 2.75) is 25.8 Å². The third-order valence-electron chi connectivity index (χ3n) is 1.46. The number of hydrogen-bond acceptors (Lipinski definition) is 3. The third kappa shape index (κ3) is 6.72. The number of rotatable bonds is 6. The summed E-state index contributed by atoms with van der Waals surface area (Å²) in [6.45, 7) is 1.86. The van der Waals surface area contributed by atoms with Crippen LogP contribution in [0, 0.1) is 0 Å². The number of carbonyl (C=O) groups is 1. The van der Waals surface area contributed by atoms with Crippen molar-refractivity contribution in [2.24, 2.45) is 5.73 Å². The number of carbonyl (C=O) groups excluding carboxylic acids is 1. The fourth-order valence-electron chi connectivity index (χ4n) is 0.863. The fourth-order valence-corrected chi connectivity index (χ4v) is 1.32. The first-order valence-electron chi connectivity index (χ1n) is 3.94. The molecule has 0 bridgehead atoms.